The van der Waals surface area contributed by atoms with Crippen molar-refractivity contribution in [3.63, 3.8) is 0 Å². The molecule has 7 nitrogen and oxygen atoms in total. The highest BCUT2D eigenvalue weighted by Gasteiger charge is 2.31. The quantitative estimate of drug-likeness (QED) is 0.663. The number of methoxy groups -OCH3 is 1. The van der Waals surface area contributed by atoms with Crippen LogP contribution in [0.4, 0.5) is 11.9 Å². The largest absolute Gasteiger partial charge is 0.375 e. The van der Waals surface area contributed by atoms with Gasteiger partial charge >= 0.3 is 0 Å². The van der Waals surface area contributed by atoms with Crippen molar-refractivity contribution < 1.29 is 9.53 Å². The van der Waals surface area contributed by atoms with E-state index in [1.807, 2.05) is 28.9 Å². The number of amides is 1. The van der Waals surface area contributed by atoms with E-state index in [1.165, 1.54) is 12.7 Å². The number of hydrogen-bond donors (Lipinski definition) is 2. The Morgan fingerprint density at radius 3 is 2.59 bits per heavy atom. The van der Waals surface area contributed by atoms with E-state index in [4.69, 9.17) is 16.3 Å². The third-order valence-electron chi connectivity index (χ3n) is 4.95. The molecule has 1 aliphatic rings. The van der Waals surface area contributed by atoms with Gasteiger partial charge in [0.25, 0.3) is 11.9 Å². The van der Waals surface area contributed by atoms with E-state index in [0.29, 0.717) is 11.0 Å². The van der Waals surface area contributed by atoms with Gasteiger partial charge in [-0.15, -0.1) is 5.10 Å². The standard InChI is InChI=1S/C21H22ClN5O2/c1-13-3-5-15(6-4-13)18-11-17(14-7-9-16(22)10-8-14)23-21-25-20(26-27(18)21)24-19(28)12-29-2/h3-10,17-18H,11-12H2,1-2H3,(H2,23,24,25,26,28)/t17-,18-/m1/s1. The molecular formula is C21H22ClN5O2. The monoisotopic (exact) mass is 411 g/mol. The lowest BCUT2D eigenvalue weighted by Crippen LogP contribution is -2.28. The Kier molecular flexibility index (Phi) is 5.51. The maximum absolute atomic E-state index is 11.9. The van der Waals surface area contributed by atoms with E-state index in [1.54, 1.807) is 0 Å². The Labute approximate surface area is 174 Å². The average molecular weight is 412 g/mol. The Morgan fingerprint density at radius 1 is 1.21 bits per heavy atom. The number of benzene rings is 2. The molecule has 0 spiro atoms. The molecule has 1 amide bonds. The normalized spacial score (nSPS) is 18.0. The lowest BCUT2D eigenvalue weighted by atomic mass is 9.93. The third-order valence-corrected chi connectivity index (χ3v) is 5.20. The molecule has 1 aliphatic heterocycles. The van der Waals surface area contributed by atoms with Gasteiger partial charge in [-0.3, -0.25) is 10.1 Å². The Balaban J connectivity index is 1.69. The zero-order valence-electron chi connectivity index (χ0n) is 16.2. The van der Waals surface area contributed by atoms with Crippen LogP contribution in [0.25, 0.3) is 0 Å². The molecule has 0 aliphatic carbocycles. The number of nitrogens with one attached hydrogen (secondary N) is 2. The van der Waals surface area contributed by atoms with Crippen LogP contribution in [0.2, 0.25) is 5.02 Å². The third kappa shape index (κ3) is 4.26. The molecule has 29 heavy (non-hydrogen) atoms. The number of nitrogens with zero attached hydrogens (tertiary/aromatic N) is 3. The molecule has 0 fully saturated rings. The van der Waals surface area contributed by atoms with Gasteiger partial charge in [-0.25, -0.2) is 4.68 Å². The van der Waals surface area contributed by atoms with Crippen molar-refractivity contribution in [1.29, 1.82) is 0 Å². The van der Waals surface area contributed by atoms with Crippen LogP contribution < -0.4 is 10.6 Å². The summed E-state index contributed by atoms with van der Waals surface area (Å²) < 4.78 is 6.70. The summed E-state index contributed by atoms with van der Waals surface area (Å²) in [6, 6.07) is 16.2. The molecule has 2 heterocycles. The number of carbonyl (C=O) groups is 1. The molecule has 150 valence electrons. The first-order chi connectivity index (χ1) is 14.0. The van der Waals surface area contributed by atoms with Crippen molar-refractivity contribution in [3.8, 4) is 0 Å². The minimum Gasteiger partial charge on any atom is -0.375 e. The van der Waals surface area contributed by atoms with Gasteiger partial charge in [0.2, 0.25) is 5.95 Å². The van der Waals surface area contributed by atoms with Crippen LogP contribution in [0.3, 0.4) is 0 Å². The lowest BCUT2D eigenvalue weighted by Gasteiger charge is -2.31. The molecule has 0 saturated carbocycles. The van der Waals surface area contributed by atoms with Gasteiger partial charge in [0.15, 0.2) is 0 Å². The SMILES string of the molecule is COCC(=O)Nc1nc2n(n1)[C@@H](c1ccc(C)cc1)C[C@H](c1ccc(Cl)cc1)N2. The zero-order chi connectivity index (χ0) is 20.4. The topological polar surface area (TPSA) is 81.1 Å². The molecule has 2 N–H and O–H groups in total. The van der Waals surface area contributed by atoms with Crippen LogP contribution in [0, 0.1) is 6.92 Å². The number of anilines is 2. The molecular weight excluding hydrogens is 390 g/mol. The van der Waals surface area contributed by atoms with Gasteiger partial charge in [0, 0.05) is 12.1 Å². The number of hydrogen-bond acceptors (Lipinski definition) is 5. The lowest BCUT2D eigenvalue weighted by molar-refractivity contribution is -0.119. The van der Waals surface area contributed by atoms with Crippen molar-refractivity contribution in [2.45, 2.75) is 25.4 Å². The number of fused-ring (bicyclic) bond motifs is 1. The van der Waals surface area contributed by atoms with E-state index in [0.717, 1.165) is 17.5 Å². The number of ether oxygens (including phenoxy) is 1. The fourth-order valence-corrected chi connectivity index (χ4v) is 3.63. The summed E-state index contributed by atoms with van der Waals surface area (Å²) in [7, 11) is 1.47. The summed E-state index contributed by atoms with van der Waals surface area (Å²) >= 11 is 6.05. The zero-order valence-corrected chi connectivity index (χ0v) is 17.0. The molecule has 2 aromatic carbocycles. The fourth-order valence-electron chi connectivity index (χ4n) is 3.50. The molecule has 1 aromatic heterocycles. The second-order valence-corrected chi connectivity index (χ2v) is 7.53. The average Bonchev–Trinajstić information content (AvgIpc) is 3.11. The number of aryl methyl sites for hydroxylation is 1. The Morgan fingerprint density at radius 2 is 1.90 bits per heavy atom. The van der Waals surface area contributed by atoms with Gasteiger partial charge in [0.05, 0.1) is 12.1 Å². The van der Waals surface area contributed by atoms with Gasteiger partial charge in [0.1, 0.15) is 6.61 Å². The first-order valence-corrected chi connectivity index (χ1v) is 9.75. The predicted octanol–water partition coefficient (Wildman–Crippen LogP) is 3.97. The van der Waals surface area contributed by atoms with Gasteiger partial charge in [-0.1, -0.05) is 53.6 Å². The van der Waals surface area contributed by atoms with Crippen molar-refractivity contribution in [2.75, 3.05) is 24.4 Å². The Hall–Kier alpha value is -2.90. The summed E-state index contributed by atoms with van der Waals surface area (Å²) in [5.41, 5.74) is 3.45. The molecule has 2 atom stereocenters. The van der Waals surface area contributed by atoms with Gasteiger partial charge in [-0.2, -0.15) is 4.98 Å². The number of halogens is 1. The highest BCUT2D eigenvalue weighted by atomic mass is 35.5. The van der Waals surface area contributed by atoms with Crippen LogP contribution in [0.1, 0.15) is 35.2 Å². The Bertz CT molecular complexity index is 1000. The molecule has 8 heteroatoms. The van der Waals surface area contributed by atoms with E-state index < -0.39 is 0 Å². The van der Waals surface area contributed by atoms with E-state index >= 15 is 0 Å². The number of aromatic nitrogens is 3. The highest BCUT2D eigenvalue weighted by molar-refractivity contribution is 6.30. The fraction of sp³-hybridized carbons (Fsp3) is 0.286. The molecule has 0 saturated heterocycles. The van der Waals surface area contributed by atoms with Gasteiger partial charge < -0.3 is 10.1 Å². The van der Waals surface area contributed by atoms with Crippen LogP contribution in [0.15, 0.2) is 48.5 Å². The van der Waals surface area contributed by atoms with Crippen molar-refractivity contribution in [3.05, 3.63) is 70.2 Å². The molecule has 0 radical (unpaired) electrons. The van der Waals surface area contributed by atoms with E-state index in [-0.39, 0.29) is 30.5 Å². The maximum Gasteiger partial charge on any atom is 0.252 e. The van der Waals surface area contributed by atoms with Crippen LogP contribution in [0.5, 0.6) is 0 Å². The maximum atomic E-state index is 11.9. The first kappa shape index (κ1) is 19.4. The summed E-state index contributed by atoms with van der Waals surface area (Å²) in [6.45, 7) is 2.01. The van der Waals surface area contributed by atoms with Crippen molar-refractivity contribution >= 4 is 29.4 Å². The minimum atomic E-state index is -0.295. The smallest absolute Gasteiger partial charge is 0.252 e. The summed E-state index contributed by atoms with van der Waals surface area (Å²) in [5.74, 6) is 0.564. The molecule has 3 aromatic rings. The molecule has 4 rings (SSSR count). The van der Waals surface area contributed by atoms with E-state index in [9.17, 15) is 4.79 Å². The van der Waals surface area contributed by atoms with Gasteiger partial charge in [-0.05, 0) is 36.6 Å². The van der Waals surface area contributed by atoms with Crippen molar-refractivity contribution in [2.24, 2.45) is 0 Å². The first-order valence-electron chi connectivity index (χ1n) is 9.37. The predicted molar refractivity (Wildman–Crippen MR) is 112 cm³/mol. The number of rotatable bonds is 5. The van der Waals surface area contributed by atoms with Crippen LogP contribution in [-0.2, 0) is 9.53 Å². The minimum absolute atomic E-state index is 0.0203. The van der Waals surface area contributed by atoms with Crippen LogP contribution in [-0.4, -0.2) is 34.4 Å². The summed E-state index contributed by atoms with van der Waals surface area (Å²) in [4.78, 5) is 16.4. The highest BCUT2D eigenvalue weighted by Crippen LogP contribution is 2.38. The molecule has 0 unspecified atom stereocenters. The van der Waals surface area contributed by atoms with Crippen molar-refractivity contribution in [1.82, 2.24) is 14.8 Å². The second-order valence-electron chi connectivity index (χ2n) is 7.10. The second kappa shape index (κ2) is 8.23. The summed E-state index contributed by atoms with van der Waals surface area (Å²) in [5, 5.41) is 11.3. The number of carbonyl (C=O) groups excluding carboxylic acids is 1. The van der Waals surface area contributed by atoms with Crippen LogP contribution >= 0.6 is 11.6 Å². The molecule has 0 bridgehead atoms. The van der Waals surface area contributed by atoms with E-state index in [2.05, 4.69) is 51.9 Å². The summed E-state index contributed by atoms with van der Waals surface area (Å²) in [6.07, 6.45) is 0.784.